The molecule has 4 aliphatic rings. The number of nitrogens with two attached hydrogens (primary N) is 1. The summed E-state index contributed by atoms with van der Waals surface area (Å²) in [4.78, 5) is 29.5. The predicted molar refractivity (Wildman–Crippen MR) is 148 cm³/mol. The Balaban J connectivity index is 1.13. The number of nitrogens with one attached hydrogen (secondary N) is 1. The molecule has 1 unspecified atom stereocenters. The predicted octanol–water partition coefficient (Wildman–Crippen LogP) is 5.37. The summed E-state index contributed by atoms with van der Waals surface area (Å²) in [5.41, 5.74) is 8.60. The normalized spacial score (nSPS) is 24.8. The van der Waals surface area contributed by atoms with Crippen molar-refractivity contribution in [3.8, 4) is 0 Å². The van der Waals surface area contributed by atoms with Crippen LogP contribution in [0.15, 0.2) is 41.0 Å². The molecule has 1 atom stereocenters. The van der Waals surface area contributed by atoms with Crippen molar-refractivity contribution in [2.45, 2.75) is 94.0 Å². The number of fused-ring (bicyclic) bond motifs is 2. The fourth-order valence-electron chi connectivity index (χ4n) is 6.94. The van der Waals surface area contributed by atoms with Gasteiger partial charge < -0.3 is 25.3 Å². The summed E-state index contributed by atoms with van der Waals surface area (Å²) in [6, 6.07) is 10.5. The van der Waals surface area contributed by atoms with Gasteiger partial charge in [-0.1, -0.05) is 57.1 Å². The van der Waals surface area contributed by atoms with Crippen molar-refractivity contribution in [3.63, 3.8) is 0 Å². The van der Waals surface area contributed by atoms with Crippen molar-refractivity contribution in [1.82, 2.24) is 9.80 Å². The lowest BCUT2D eigenvalue weighted by Crippen LogP contribution is -2.55. The first-order valence-electron chi connectivity index (χ1n) is 14.8. The molecular formula is C31H42N4O3. The molecule has 2 aromatic rings. The third kappa shape index (κ3) is 4.97. The van der Waals surface area contributed by atoms with Crippen LogP contribution >= 0.6 is 0 Å². The van der Waals surface area contributed by atoms with Crippen LogP contribution in [0.25, 0.3) is 0 Å². The lowest BCUT2D eigenvalue weighted by molar-refractivity contribution is -0.135. The molecule has 2 amide bonds. The Bertz CT molecular complexity index is 1130. The molecule has 1 spiro atoms. The van der Waals surface area contributed by atoms with E-state index in [-0.39, 0.29) is 23.3 Å². The third-order valence-electron chi connectivity index (χ3n) is 9.51. The lowest BCUT2D eigenvalue weighted by Gasteiger charge is -2.41. The highest BCUT2D eigenvalue weighted by Crippen LogP contribution is 2.51. The molecule has 7 nitrogen and oxygen atoms in total. The van der Waals surface area contributed by atoms with Gasteiger partial charge in [0.1, 0.15) is 5.76 Å². The van der Waals surface area contributed by atoms with E-state index in [0.29, 0.717) is 31.7 Å². The molecule has 3 fully saturated rings. The minimum atomic E-state index is -0.639. The van der Waals surface area contributed by atoms with Gasteiger partial charge in [0, 0.05) is 37.2 Å². The minimum absolute atomic E-state index is 0.0371. The van der Waals surface area contributed by atoms with E-state index in [0.717, 1.165) is 30.7 Å². The first-order valence-corrected chi connectivity index (χ1v) is 14.8. The SMILES string of the molecule is NC1(C(=O)N2CCN(C(=O)c3ccc(C4CC5(CCCCCCCCC5)c5occc5N4)cc3)CC2)CC1. The van der Waals surface area contributed by atoms with E-state index in [1.165, 1.54) is 63.4 Å². The van der Waals surface area contributed by atoms with E-state index in [9.17, 15) is 9.59 Å². The second-order valence-electron chi connectivity index (χ2n) is 12.2. The lowest BCUT2D eigenvalue weighted by atomic mass is 9.68. The van der Waals surface area contributed by atoms with Gasteiger partial charge in [0.25, 0.3) is 5.91 Å². The molecule has 2 saturated carbocycles. The fourth-order valence-corrected chi connectivity index (χ4v) is 6.94. The van der Waals surface area contributed by atoms with Gasteiger partial charge in [-0.2, -0.15) is 0 Å². The van der Waals surface area contributed by atoms with E-state index >= 15 is 0 Å². The van der Waals surface area contributed by atoms with Crippen molar-refractivity contribution in [3.05, 3.63) is 53.5 Å². The Morgan fingerprint density at radius 2 is 1.42 bits per heavy atom. The molecule has 38 heavy (non-hydrogen) atoms. The molecule has 2 aliphatic heterocycles. The number of amides is 2. The van der Waals surface area contributed by atoms with Crippen molar-refractivity contribution in [2.24, 2.45) is 5.73 Å². The van der Waals surface area contributed by atoms with Gasteiger partial charge in [0.15, 0.2) is 0 Å². The summed E-state index contributed by atoms with van der Waals surface area (Å²) < 4.78 is 6.12. The van der Waals surface area contributed by atoms with Crippen LogP contribution < -0.4 is 11.1 Å². The number of benzene rings is 1. The number of furan rings is 1. The van der Waals surface area contributed by atoms with Crippen molar-refractivity contribution in [2.75, 3.05) is 31.5 Å². The zero-order valence-corrected chi connectivity index (χ0v) is 22.6. The highest BCUT2D eigenvalue weighted by Gasteiger charge is 2.48. The maximum Gasteiger partial charge on any atom is 0.253 e. The summed E-state index contributed by atoms with van der Waals surface area (Å²) >= 11 is 0. The number of rotatable bonds is 3. The van der Waals surface area contributed by atoms with E-state index in [1.54, 1.807) is 0 Å². The van der Waals surface area contributed by atoms with Gasteiger partial charge in [-0.25, -0.2) is 0 Å². The Morgan fingerprint density at radius 3 is 2.05 bits per heavy atom. The Labute approximate surface area is 226 Å². The average Bonchev–Trinajstić information content (AvgIpc) is 3.52. The summed E-state index contributed by atoms with van der Waals surface area (Å²) in [5, 5.41) is 3.74. The largest absolute Gasteiger partial charge is 0.467 e. The van der Waals surface area contributed by atoms with Crippen LogP contribution in [0, 0.1) is 0 Å². The van der Waals surface area contributed by atoms with Crippen molar-refractivity contribution >= 4 is 17.5 Å². The first kappa shape index (κ1) is 25.5. The second-order valence-corrected chi connectivity index (χ2v) is 12.2. The van der Waals surface area contributed by atoms with Crippen LogP contribution in [0.1, 0.15) is 105 Å². The monoisotopic (exact) mass is 518 g/mol. The van der Waals surface area contributed by atoms with Gasteiger partial charge in [-0.05, 0) is 55.9 Å². The standard InChI is InChI=1S/C31H42N4O3/c32-31(15-16-31)29(37)35-19-17-34(18-20-35)28(36)24-10-8-23(9-11-24)26-22-30(27-25(33-26)12-21-38-27)13-6-4-2-1-3-5-7-14-30/h8-12,21,26,33H,1-7,13-20,22,32H2. The zero-order valence-electron chi connectivity index (χ0n) is 22.6. The molecule has 3 heterocycles. The Kier molecular flexibility index (Phi) is 6.97. The number of anilines is 1. The number of piperazine rings is 1. The Morgan fingerprint density at radius 1 is 0.816 bits per heavy atom. The topological polar surface area (TPSA) is 91.8 Å². The van der Waals surface area contributed by atoms with Gasteiger partial charge in [0.2, 0.25) is 5.91 Å². The number of carbonyl (C=O) groups excluding carboxylic acids is 2. The number of nitrogens with zero attached hydrogens (tertiary/aromatic N) is 2. The highest BCUT2D eigenvalue weighted by molar-refractivity contribution is 5.94. The van der Waals surface area contributed by atoms with Crippen LogP contribution in [0.2, 0.25) is 0 Å². The molecule has 1 saturated heterocycles. The van der Waals surface area contributed by atoms with Gasteiger partial charge in [-0.15, -0.1) is 0 Å². The van der Waals surface area contributed by atoms with Crippen molar-refractivity contribution < 1.29 is 14.0 Å². The van der Waals surface area contributed by atoms with Crippen molar-refractivity contribution in [1.29, 1.82) is 0 Å². The summed E-state index contributed by atoms with van der Waals surface area (Å²) in [6.45, 7) is 2.22. The quantitative estimate of drug-likeness (QED) is 0.570. The van der Waals surface area contributed by atoms with Gasteiger partial charge in [-0.3, -0.25) is 9.59 Å². The fraction of sp³-hybridized carbons (Fsp3) is 0.613. The number of hydrogen-bond donors (Lipinski definition) is 2. The molecule has 2 aliphatic carbocycles. The highest BCUT2D eigenvalue weighted by atomic mass is 16.3. The minimum Gasteiger partial charge on any atom is -0.467 e. The van der Waals surface area contributed by atoms with E-state index < -0.39 is 5.54 Å². The molecule has 3 N–H and O–H groups in total. The first-order chi connectivity index (χ1) is 18.5. The number of carbonyl (C=O) groups is 2. The second kappa shape index (κ2) is 10.4. The summed E-state index contributed by atoms with van der Waals surface area (Å²) in [6.07, 6.45) is 16.0. The Hall–Kier alpha value is -2.80. The zero-order chi connectivity index (χ0) is 26.2. The summed E-state index contributed by atoms with van der Waals surface area (Å²) in [5.74, 6) is 1.24. The molecule has 204 valence electrons. The van der Waals surface area contributed by atoms with Gasteiger partial charge in [0.05, 0.1) is 23.5 Å². The van der Waals surface area contributed by atoms with Crippen LogP contribution in [0.4, 0.5) is 5.69 Å². The molecule has 0 bridgehead atoms. The molecule has 0 radical (unpaired) electrons. The third-order valence-corrected chi connectivity index (χ3v) is 9.51. The molecule has 7 heteroatoms. The molecule has 1 aromatic carbocycles. The number of hydrogen-bond acceptors (Lipinski definition) is 5. The van der Waals surface area contributed by atoms with Crippen LogP contribution in [-0.4, -0.2) is 53.3 Å². The molecular weight excluding hydrogens is 476 g/mol. The van der Waals surface area contributed by atoms with Crippen LogP contribution in [0.5, 0.6) is 0 Å². The van der Waals surface area contributed by atoms with Crippen LogP contribution in [0.3, 0.4) is 0 Å². The van der Waals surface area contributed by atoms with Gasteiger partial charge >= 0.3 is 0 Å². The maximum atomic E-state index is 13.2. The van der Waals surface area contributed by atoms with E-state index in [4.69, 9.17) is 10.2 Å². The summed E-state index contributed by atoms with van der Waals surface area (Å²) in [7, 11) is 0. The average molecular weight is 519 g/mol. The molecule has 6 rings (SSSR count). The van der Waals surface area contributed by atoms with Crippen LogP contribution in [-0.2, 0) is 10.2 Å². The van der Waals surface area contributed by atoms with E-state index in [2.05, 4.69) is 23.5 Å². The van der Waals surface area contributed by atoms with E-state index in [1.807, 2.05) is 28.2 Å². The maximum absolute atomic E-state index is 13.2. The molecule has 1 aromatic heterocycles. The smallest absolute Gasteiger partial charge is 0.253 e.